The van der Waals surface area contributed by atoms with Crippen molar-refractivity contribution in [3.05, 3.63) is 0 Å². The van der Waals surface area contributed by atoms with Gasteiger partial charge < -0.3 is 0 Å². The molecule has 1 rings (SSSR count). The van der Waals surface area contributed by atoms with Crippen molar-refractivity contribution in [1.82, 2.24) is 5.17 Å². The van der Waals surface area contributed by atoms with Crippen molar-refractivity contribution in [2.45, 2.75) is 12.3 Å². The van der Waals surface area contributed by atoms with Crippen molar-refractivity contribution in [3.63, 3.8) is 0 Å². The molecule has 1 fully saturated rings. The minimum absolute atomic E-state index is 0.0903. The highest BCUT2D eigenvalue weighted by Crippen LogP contribution is 2.22. The van der Waals surface area contributed by atoms with Crippen LogP contribution in [0.1, 0.15) is 6.42 Å². The predicted octanol–water partition coefficient (Wildman–Crippen LogP) is 0.133. The summed E-state index contributed by atoms with van der Waals surface area (Å²) in [5.41, 5.74) is 0. The number of rotatable bonds is 0. The average Bonchev–Trinajstić information content (AvgIpc) is 1.78. The Kier molecular flexibility index (Phi) is 1.65. The molecule has 1 aliphatic heterocycles. The van der Waals surface area contributed by atoms with E-state index in [0.717, 1.165) is 5.17 Å². The Labute approximate surface area is 51.3 Å². The maximum Gasteiger partial charge on any atom is 0.274 e. The minimum atomic E-state index is -2.68. The molecule has 0 bridgehead atoms. The van der Waals surface area contributed by atoms with E-state index in [1.165, 1.54) is 0 Å². The SMILES string of the molecule is NN1CCC(F)(F)CO1. The number of halogens is 2. The molecular weight excluding hydrogens is 130 g/mol. The first-order chi connectivity index (χ1) is 4.10. The lowest BCUT2D eigenvalue weighted by atomic mass is 10.2. The zero-order valence-corrected chi connectivity index (χ0v) is 4.81. The van der Waals surface area contributed by atoms with E-state index < -0.39 is 12.5 Å². The Balaban J connectivity index is 2.35. The lowest BCUT2D eigenvalue weighted by Crippen LogP contribution is -2.44. The van der Waals surface area contributed by atoms with E-state index in [4.69, 9.17) is 5.84 Å². The summed E-state index contributed by atoms with van der Waals surface area (Å²) in [5.74, 6) is 2.35. The van der Waals surface area contributed by atoms with Crippen LogP contribution in [0.5, 0.6) is 0 Å². The molecular formula is C4H8F2N2O. The van der Waals surface area contributed by atoms with E-state index in [-0.39, 0.29) is 13.0 Å². The summed E-state index contributed by atoms with van der Waals surface area (Å²) >= 11 is 0. The zero-order valence-electron chi connectivity index (χ0n) is 4.81. The van der Waals surface area contributed by atoms with Gasteiger partial charge in [-0.3, -0.25) is 4.84 Å². The van der Waals surface area contributed by atoms with E-state index in [0.29, 0.717) is 0 Å². The first kappa shape index (κ1) is 6.85. The Hall–Kier alpha value is -0.260. The summed E-state index contributed by atoms with van der Waals surface area (Å²) in [6.45, 7) is -0.503. The molecule has 0 aromatic rings. The van der Waals surface area contributed by atoms with Crippen molar-refractivity contribution in [2.24, 2.45) is 5.84 Å². The molecule has 0 amide bonds. The van der Waals surface area contributed by atoms with Gasteiger partial charge in [0.15, 0.2) is 0 Å². The molecule has 1 saturated heterocycles. The molecule has 5 heteroatoms. The summed E-state index contributed by atoms with van der Waals surface area (Å²) in [5, 5.41) is 0.928. The normalized spacial score (nSPS) is 28.3. The second-order valence-electron chi connectivity index (χ2n) is 2.02. The Bertz CT molecular complexity index is 98.7. The molecule has 0 aromatic carbocycles. The molecule has 1 aliphatic rings. The monoisotopic (exact) mass is 138 g/mol. The molecule has 2 N–H and O–H groups in total. The number of nitrogens with zero attached hydrogens (tertiary/aromatic N) is 1. The van der Waals surface area contributed by atoms with Crippen LogP contribution in [-0.4, -0.2) is 24.2 Å². The molecule has 0 saturated carbocycles. The summed E-state index contributed by atoms with van der Waals surface area (Å²) in [6, 6.07) is 0. The van der Waals surface area contributed by atoms with Crippen molar-refractivity contribution in [2.75, 3.05) is 13.2 Å². The number of nitrogens with two attached hydrogens (primary N) is 1. The van der Waals surface area contributed by atoms with Gasteiger partial charge in [-0.25, -0.2) is 14.6 Å². The number of hydrazine groups is 1. The second kappa shape index (κ2) is 2.17. The molecule has 3 nitrogen and oxygen atoms in total. The number of hydrogen-bond acceptors (Lipinski definition) is 3. The first-order valence-corrected chi connectivity index (χ1v) is 2.63. The fourth-order valence-electron chi connectivity index (χ4n) is 0.588. The molecule has 0 atom stereocenters. The third kappa shape index (κ3) is 1.85. The third-order valence-corrected chi connectivity index (χ3v) is 1.14. The Morgan fingerprint density at radius 1 is 1.56 bits per heavy atom. The number of alkyl halides is 2. The lowest BCUT2D eigenvalue weighted by Gasteiger charge is -2.27. The number of hydroxylamine groups is 1. The van der Waals surface area contributed by atoms with E-state index in [1.807, 2.05) is 0 Å². The smallest absolute Gasteiger partial charge is 0.274 e. The van der Waals surface area contributed by atoms with Crippen LogP contribution in [0.3, 0.4) is 0 Å². The van der Waals surface area contributed by atoms with E-state index >= 15 is 0 Å². The highest BCUT2D eigenvalue weighted by molar-refractivity contribution is 4.68. The van der Waals surface area contributed by atoms with Gasteiger partial charge in [-0.05, 0) is 0 Å². The van der Waals surface area contributed by atoms with Crippen LogP contribution in [-0.2, 0) is 4.84 Å². The lowest BCUT2D eigenvalue weighted by molar-refractivity contribution is -0.254. The molecule has 0 radical (unpaired) electrons. The molecule has 9 heavy (non-hydrogen) atoms. The van der Waals surface area contributed by atoms with Crippen molar-refractivity contribution in [1.29, 1.82) is 0 Å². The molecule has 0 unspecified atom stereocenters. The first-order valence-electron chi connectivity index (χ1n) is 2.63. The van der Waals surface area contributed by atoms with Gasteiger partial charge in [-0.2, -0.15) is 0 Å². The predicted molar refractivity (Wildman–Crippen MR) is 26.4 cm³/mol. The maximum atomic E-state index is 12.2. The zero-order chi connectivity index (χ0) is 6.91. The molecule has 0 aromatic heterocycles. The van der Waals surface area contributed by atoms with Crippen LogP contribution < -0.4 is 5.84 Å². The molecule has 0 spiro atoms. The number of hydrogen-bond donors (Lipinski definition) is 1. The maximum absolute atomic E-state index is 12.2. The molecule has 54 valence electrons. The highest BCUT2D eigenvalue weighted by Gasteiger charge is 2.34. The summed E-state index contributed by atoms with van der Waals surface area (Å²) in [7, 11) is 0. The summed E-state index contributed by atoms with van der Waals surface area (Å²) < 4.78 is 24.3. The van der Waals surface area contributed by atoms with E-state index in [9.17, 15) is 8.78 Å². The van der Waals surface area contributed by atoms with Crippen LogP contribution in [0.25, 0.3) is 0 Å². The fraction of sp³-hybridized carbons (Fsp3) is 1.00. The standard InChI is InChI=1S/C4H8F2N2O/c5-4(6)1-2-8(7)9-3-4/h1-3,7H2. The quantitative estimate of drug-likeness (QED) is 0.483. The topological polar surface area (TPSA) is 38.5 Å². The third-order valence-electron chi connectivity index (χ3n) is 1.14. The van der Waals surface area contributed by atoms with Gasteiger partial charge in [0.1, 0.15) is 6.61 Å². The second-order valence-corrected chi connectivity index (χ2v) is 2.02. The van der Waals surface area contributed by atoms with E-state index in [1.54, 1.807) is 0 Å². The summed E-state index contributed by atoms with van der Waals surface area (Å²) in [4.78, 5) is 4.35. The molecule has 0 aliphatic carbocycles. The molecule has 1 heterocycles. The van der Waals surface area contributed by atoms with Gasteiger partial charge >= 0.3 is 0 Å². The largest absolute Gasteiger partial charge is 0.278 e. The minimum Gasteiger partial charge on any atom is -0.278 e. The van der Waals surface area contributed by atoms with Crippen LogP contribution in [0.2, 0.25) is 0 Å². The van der Waals surface area contributed by atoms with Gasteiger partial charge in [0.05, 0.1) is 0 Å². The van der Waals surface area contributed by atoms with Crippen LogP contribution in [0.15, 0.2) is 0 Å². The van der Waals surface area contributed by atoms with E-state index in [2.05, 4.69) is 4.84 Å². The van der Waals surface area contributed by atoms with Crippen LogP contribution in [0.4, 0.5) is 8.78 Å². The Morgan fingerprint density at radius 2 is 2.22 bits per heavy atom. The van der Waals surface area contributed by atoms with Crippen molar-refractivity contribution in [3.8, 4) is 0 Å². The van der Waals surface area contributed by atoms with Gasteiger partial charge in [0.2, 0.25) is 0 Å². The fourth-order valence-corrected chi connectivity index (χ4v) is 0.588. The van der Waals surface area contributed by atoms with Gasteiger partial charge in [0.25, 0.3) is 5.92 Å². The summed E-state index contributed by atoms with van der Waals surface area (Å²) in [6.07, 6.45) is -0.219. The van der Waals surface area contributed by atoms with Crippen LogP contribution >= 0.6 is 0 Å². The van der Waals surface area contributed by atoms with Gasteiger partial charge in [0, 0.05) is 13.0 Å². The van der Waals surface area contributed by atoms with Crippen LogP contribution in [0, 0.1) is 0 Å². The Morgan fingerprint density at radius 3 is 2.56 bits per heavy atom. The van der Waals surface area contributed by atoms with Crippen molar-refractivity contribution >= 4 is 0 Å². The average molecular weight is 138 g/mol. The van der Waals surface area contributed by atoms with Gasteiger partial charge in [-0.1, -0.05) is 0 Å². The van der Waals surface area contributed by atoms with Crippen molar-refractivity contribution < 1.29 is 13.6 Å². The van der Waals surface area contributed by atoms with Gasteiger partial charge in [-0.15, -0.1) is 5.17 Å². The highest BCUT2D eigenvalue weighted by atomic mass is 19.3.